The summed E-state index contributed by atoms with van der Waals surface area (Å²) in [5.74, 6) is 0. The summed E-state index contributed by atoms with van der Waals surface area (Å²) < 4.78 is 2.63. The molecule has 0 aliphatic rings. The van der Waals surface area contributed by atoms with Gasteiger partial charge < -0.3 is 0 Å². The molecule has 0 amide bonds. The van der Waals surface area contributed by atoms with Crippen molar-refractivity contribution in [2.45, 2.75) is 65.1 Å². The molecule has 0 aromatic heterocycles. The molecule has 0 saturated carbocycles. The molecule has 0 aliphatic heterocycles. The van der Waals surface area contributed by atoms with E-state index in [1.165, 1.54) is 53.7 Å². The van der Waals surface area contributed by atoms with Crippen LogP contribution >= 0.6 is 47.6 Å². The minimum Gasteiger partial charge on any atom is -0.149 e. The molecule has 0 unspecified atom stereocenters. The third-order valence-corrected chi connectivity index (χ3v) is 6.51. The molecule has 0 aromatic rings. The number of allylic oxidation sites excluding steroid dienone is 1. The molecular formula is C12H22BBr3. The van der Waals surface area contributed by atoms with Gasteiger partial charge in [-0.25, -0.2) is 0 Å². The van der Waals surface area contributed by atoms with Crippen LogP contribution in [0.4, 0.5) is 0 Å². The van der Waals surface area contributed by atoms with Gasteiger partial charge in [-0.05, 0) is 21.7 Å². The highest BCUT2D eigenvalue weighted by Gasteiger charge is 2.15. The van der Waals surface area contributed by atoms with E-state index in [2.05, 4.69) is 61.5 Å². The van der Waals surface area contributed by atoms with Gasteiger partial charge in [0.1, 0.15) is 0 Å². The van der Waals surface area contributed by atoms with E-state index in [0.717, 1.165) is 6.42 Å². The first kappa shape index (κ1) is 17.2. The zero-order valence-electron chi connectivity index (χ0n) is 10.4. The molecular weight excluding hydrogens is 395 g/mol. The Bertz CT molecular complexity index is 204. The van der Waals surface area contributed by atoms with E-state index in [-0.39, 0.29) is 0 Å². The molecule has 0 spiro atoms. The number of unbranched alkanes of at least 4 members (excludes halogenated alkanes) is 4. The summed E-state index contributed by atoms with van der Waals surface area (Å²) >= 11 is 11.1. The van der Waals surface area contributed by atoms with Crippen LogP contribution in [0.1, 0.15) is 58.8 Å². The summed E-state index contributed by atoms with van der Waals surface area (Å²) in [6.07, 6.45) is 10.2. The van der Waals surface area contributed by atoms with E-state index in [1.54, 1.807) is 0 Å². The molecule has 0 bridgehead atoms. The summed E-state index contributed by atoms with van der Waals surface area (Å²) in [5.41, 5.74) is 0.482. The minimum atomic E-state index is 0.482. The summed E-state index contributed by atoms with van der Waals surface area (Å²) in [4.78, 5) is 0. The van der Waals surface area contributed by atoms with Crippen molar-refractivity contribution in [1.82, 2.24) is 0 Å². The predicted octanol–water partition coefficient (Wildman–Crippen LogP) is 6.68. The fourth-order valence-corrected chi connectivity index (χ4v) is 3.39. The third-order valence-electron chi connectivity index (χ3n) is 2.60. The second-order valence-electron chi connectivity index (χ2n) is 4.17. The lowest BCUT2D eigenvalue weighted by atomic mass is 9.71. The molecule has 0 rings (SSSR count). The van der Waals surface area contributed by atoms with Crippen molar-refractivity contribution < 1.29 is 0 Å². The van der Waals surface area contributed by atoms with Crippen LogP contribution in [-0.2, 0) is 0 Å². The van der Waals surface area contributed by atoms with Gasteiger partial charge in [-0.1, -0.05) is 84.1 Å². The Labute approximate surface area is 126 Å². The minimum absolute atomic E-state index is 0.482. The maximum Gasteiger partial charge on any atom is 0.264 e. The molecule has 4 heteroatoms. The van der Waals surface area contributed by atoms with E-state index in [0.29, 0.717) is 5.54 Å². The molecule has 0 nitrogen and oxygen atoms in total. The van der Waals surface area contributed by atoms with Crippen molar-refractivity contribution in [3.8, 4) is 0 Å². The Morgan fingerprint density at radius 3 is 2.12 bits per heavy atom. The van der Waals surface area contributed by atoms with Crippen LogP contribution < -0.4 is 0 Å². The van der Waals surface area contributed by atoms with Gasteiger partial charge in [0.15, 0.2) is 0 Å². The molecule has 0 atom stereocenters. The lowest BCUT2D eigenvalue weighted by molar-refractivity contribution is 0.700. The largest absolute Gasteiger partial charge is 0.264 e. The van der Waals surface area contributed by atoms with Crippen LogP contribution in [0, 0.1) is 0 Å². The molecule has 0 heterocycles. The molecule has 0 aliphatic carbocycles. The Balaban J connectivity index is 3.90. The maximum absolute atomic E-state index is 3.75. The van der Waals surface area contributed by atoms with Crippen molar-refractivity contribution >= 4 is 53.2 Å². The Morgan fingerprint density at radius 2 is 1.56 bits per heavy atom. The van der Waals surface area contributed by atoms with Gasteiger partial charge in [-0.2, -0.15) is 0 Å². The Hall–Kier alpha value is 1.24. The van der Waals surface area contributed by atoms with E-state index in [1.807, 2.05) is 0 Å². The molecule has 0 saturated heterocycles. The van der Waals surface area contributed by atoms with Gasteiger partial charge in [0.25, 0.3) is 5.54 Å². The quantitative estimate of drug-likeness (QED) is 0.290. The first-order valence-corrected chi connectivity index (χ1v) is 8.81. The SMILES string of the molecule is CCCCCCB(Br)/C(Br)=C(/Br)CCCC. The maximum atomic E-state index is 3.75. The fraction of sp³-hybridized carbons (Fsp3) is 0.833. The lowest BCUT2D eigenvalue weighted by Gasteiger charge is -2.08. The third kappa shape index (κ3) is 8.35. The van der Waals surface area contributed by atoms with Crippen LogP contribution in [0.15, 0.2) is 8.86 Å². The summed E-state index contributed by atoms with van der Waals surface area (Å²) in [6, 6.07) is 0. The molecule has 0 radical (unpaired) electrons. The zero-order valence-corrected chi connectivity index (χ0v) is 15.1. The Kier molecular flexibility index (Phi) is 12.2. The Morgan fingerprint density at radius 1 is 0.938 bits per heavy atom. The molecule has 0 N–H and O–H groups in total. The second kappa shape index (κ2) is 11.3. The average Bonchev–Trinajstić information content (AvgIpc) is 2.30. The van der Waals surface area contributed by atoms with E-state index >= 15 is 0 Å². The highest BCUT2D eigenvalue weighted by atomic mass is 79.9. The lowest BCUT2D eigenvalue weighted by Crippen LogP contribution is -2.04. The van der Waals surface area contributed by atoms with Gasteiger partial charge in [0, 0.05) is 0 Å². The normalized spacial score (nSPS) is 12.6. The van der Waals surface area contributed by atoms with Crippen molar-refractivity contribution in [2.75, 3.05) is 0 Å². The predicted molar refractivity (Wildman–Crippen MR) is 88.0 cm³/mol. The first-order chi connectivity index (χ1) is 7.63. The van der Waals surface area contributed by atoms with Crippen LogP contribution in [-0.4, -0.2) is 5.54 Å². The smallest absolute Gasteiger partial charge is 0.149 e. The molecule has 16 heavy (non-hydrogen) atoms. The van der Waals surface area contributed by atoms with Gasteiger partial charge in [0.2, 0.25) is 0 Å². The van der Waals surface area contributed by atoms with Crippen LogP contribution in [0.25, 0.3) is 0 Å². The van der Waals surface area contributed by atoms with E-state index in [4.69, 9.17) is 0 Å². The van der Waals surface area contributed by atoms with Crippen LogP contribution in [0.2, 0.25) is 6.32 Å². The average molecular weight is 417 g/mol. The number of hydrogen-bond acceptors (Lipinski definition) is 0. The van der Waals surface area contributed by atoms with Crippen molar-refractivity contribution in [1.29, 1.82) is 0 Å². The van der Waals surface area contributed by atoms with E-state index < -0.39 is 0 Å². The second-order valence-corrected chi connectivity index (χ2v) is 7.09. The highest BCUT2D eigenvalue weighted by Crippen LogP contribution is 2.30. The number of hydrogen-bond donors (Lipinski definition) is 0. The monoisotopic (exact) mass is 414 g/mol. The van der Waals surface area contributed by atoms with Crippen LogP contribution in [0.5, 0.6) is 0 Å². The summed E-state index contributed by atoms with van der Waals surface area (Å²) in [7, 11) is 0. The summed E-state index contributed by atoms with van der Waals surface area (Å²) in [5, 5.41) is 0. The first-order valence-electron chi connectivity index (χ1n) is 6.31. The van der Waals surface area contributed by atoms with Crippen LogP contribution in [0.3, 0.4) is 0 Å². The number of rotatable bonds is 9. The summed E-state index contributed by atoms with van der Waals surface area (Å²) in [6.45, 7) is 4.48. The van der Waals surface area contributed by atoms with Gasteiger partial charge in [-0.15, -0.1) is 15.8 Å². The van der Waals surface area contributed by atoms with Crippen molar-refractivity contribution in [3.05, 3.63) is 8.86 Å². The van der Waals surface area contributed by atoms with Crippen molar-refractivity contribution in [3.63, 3.8) is 0 Å². The van der Waals surface area contributed by atoms with E-state index in [9.17, 15) is 0 Å². The van der Waals surface area contributed by atoms with Gasteiger partial charge in [0.05, 0.1) is 0 Å². The fourth-order valence-electron chi connectivity index (χ4n) is 1.50. The molecule has 0 aromatic carbocycles. The number of halogens is 3. The zero-order chi connectivity index (χ0) is 12.4. The highest BCUT2D eigenvalue weighted by molar-refractivity contribution is 9.27. The standard InChI is InChI=1S/C12H22BBr3/c1-3-5-7-8-10-13(16)12(15)11(14)9-6-4-2/h3-10H2,1-2H3/b12-11-. The molecule has 0 fully saturated rings. The van der Waals surface area contributed by atoms with Gasteiger partial charge >= 0.3 is 0 Å². The van der Waals surface area contributed by atoms with Gasteiger partial charge in [-0.3, -0.25) is 0 Å². The topological polar surface area (TPSA) is 0 Å². The van der Waals surface area contributed by atoms with Crippen molar-refractivity contribution in [2.24, 2.45) is 0 Å². The molecule has 94 valence electrons.